The van der Waals surface area contributed by atoms with Crippen LogP contribution >= 0.6 is 11.8 Å². The summed E-state index contributed by atoms with van der Waals surface area (Å²) in [5.74, 6) is 1.11. The lowest BCUT2D eigenvalue weighted by Gasteiger charge is -2.08. The standard InChI is InChI=1S/C18H21N3O4S/c1-2-25-16-7-9-17(10-8-16)26-13-18(22)20-12-11-19-14-3-5-15(6-4-14)21(23)24/h3-10,19H,2,11-13H2,1H3,(H,20,22). The topological polar surface area (TPSA) is 93.5 Å². The molecule has 0 fully saturated rings. The number of carbonyl (C=O) groups is 1. The maximum absolute atomic E-state index is 11.9. The summed E-state index contributed by atoms with van der Waals surface area (Å²) in [6.45, 7) is 3.57. The van der Waals surface area contributed by atoms with Gasteiger partial charge in [-0.2, -0.15) is 0 Å². The lowest BCUT2D eigenvalue weighted by molar-refractivity contribution is -0.384. The fraction of sp³-hybridized carbons (Fsp3) is 0.278. The first-order chi connectivity index (χ1) is 12.6. The number of nitrogens with zero attached hydrogens (tertiary/aromatic N) is 1. The normalized spacial score (nSPS) is 10.2. The van der Waals surface area contributed by atoms with Crippen LogP contribution in [0.4, 0.5) is 11.4 Å². The number of thioether (sulfide) groups is 1. The van der Waals surface area contributed by atoms with Crippen LogP contribution in [-0.2, 0) is 4.79 Å². The van der Waals surface area contributed by atoms with Crippen LogP contribution in [0.2, 0.25) is 0 Å². The summed E-state index contributed by atoms with van der Waals surface area (Å²) in [5, 5.41) is 16.5. The van der Waals surface area contributed by atoms with Crippen LogP contribution in [0.5, 0.6) is 5.75 Å². The Morgan fingerprint density at radius 2 is 1.81 bits per heavy atom. The van der Waals surface area contributed by atoms with Crippen LogP contribution in [0, 0.1) is 10.1 Å². The summed E-state index contributed by atoms with van der Waals surface area (Å²) < 4.78 is 5.38. The Labute approximate surface area is 156 Å². The van der Waals surface area contributed by atoms with Crippen molar-refractivity contribution >= 4 is 29.0 Å². The fourth-order valence-electron chi connectivity index (χ4n) is 2.11. The van der Waals surface area contributed by atoms with Gasteiger partial charge in [0.25, 0.3) is 5.69 Å². The minimum absolute atomic E-state index is 0.0469. The van der Waals surface area contributed by atoms with Gasteiger partial charge in [-0.1, -0.05) is 0 Å². The Morgan fingerprint density at radius 1 is 1.12 bits per heavy atom. The number of anilines is 1. The van der Waals surface area contributed by atoms with Crippen LogP contribution in [0.3, 0.4) is 0 Å². The first kappa shape index (κ1) is 19.6. The number of nitrogens with one attached hydrogen (secondary N) is 2. The molecular weight excluding hydrogens is 354 g/mol. The third kappa shape index (κ3) is 6.64. The van der Waals surface area contributed by atoms with Crippen molar-refractivity contribution in [1.29, 1.82) is 0 Å². The number of benzene rings is 2. The number of ether oxygens (including phenoxy) is 1. The predicted octanol–water partition coefficient (Wildman–Crippen LogP) is 3.31. The van der Waals surface area contributed by atoms with E-state index in [-0.39, 0.29) is 11.6 Å². The van der Waals surface area contributed by atoms with E-state index in [9.17, 15) is 14.9 Å². The van der Waals surface area contributed by atoms with Gasteiger partial charge in [-0.3, -0.25) is 14.9 Å². The molecule has 138 valence electrons. The Morgan fingerprint density at radius 3 is 2.42 bits per heavy atom. The molecule has 2 rings (SSSR count). The van der Waals surface area contributed by atoms with Gasteiger partial charge in [-0.15, -0.1) is 11.8 Å². The van der Waals surface area contributed by atoms with E-state index < -0.39 is 4.92 Å². The van der Waals surface area contributed by atoms with Gasteiger partial charge >= 0.3 is 0 Å². The SMILES string of the molecule is CCOc1ccc(SCC(=O)NCCNc2ccc([N+](=O)[O-])cc2)cc1. The van der Waals surface area contributed by atoms with Crippen LogP contribution in [0.1, 0.15) is 6.92 Å². The number of hydrogen-bond acceptors (Lipinski definition) is 6. The van der Waals surface area contributed by atoms with Crippen molar-refractivity contribution in [1.82, 2.24) is 5.32 Å². The summed E-state index contributed by atoms with van der Waals surface area (Å²) >= 11 is 1.46. The molecule has 0 bridgehead atoms. The minimum Gasteiger partial charge on any atom is -0.494 e. The number of nitro benzene ring substituents is 1. The second-order valence-corrected chi connectivity index (χ2v) is 6.32. The maximum atomic E-state index is 11.9. The number of hydrogen-bond donors (Lipinski definition) is 2. The molecule has 1 amide bonds. The van der Waals surface area contributed by atoms with Gasteiger partial charge in [0.2, 0.25) is 5.91 Å². The van der Waals surface area contributed by atoms with E-state index in [0.717, 1.165) is 16.3 Å². The molecule has 2 N–H and O–H groups in total. The van der Waals surface area contributed by atoms with Crippen LogP contribution in [-0.4, -0.2) is 36.3 Å². The van der Waals surface area contributed by atoms with E-state index in [1.807, 2.05) is 31.2 Å². The molecule has 0 aromatic heterocycles. The number of amides is 1. The molecule has 7 nitrogen and oxygen atoms in total. The smallest absolute Gasteiger partial charge is 0.269 e. The molecule has 2 aromatic rings. The van der Waals surface area contributed by atoms with E-state index in [4.69, 9.17) is 4.74 Å². The molecule has 0 atom stereocenters. The maximum Gasteiger partial charge on any atom is 0.269 e. The van der Waals surface area contributed by atoms with Crippen molar-refractivity contribution in [3.63, 3.8) is 0 Å². The summed E-state index contributed by atoms with van der Waals surface area (Å²) in [4.78, 5) is 23.0. The van der Waals surface area contributed by atoms with Gasteiger partial charge in [-0.25, -0.2) is 0 Å². The molecule has 0 aliphatic heterocycles. The molecular formula is C18H21N3O4S. The van der Waals surface area contributed by atoms with Crippen molar-refractivity contribution in [2.45, 2.75) is 11.8 Å². The quantitative estimate of drug-likeness (QED) is 0.286. The Bertz CT molecular complexity index is 720. The predicted molar refractivity (Wildman–Crippen MR) is 103 cm³/mol. The fourth-order valence-corrected chi connectivity index (χ4v) is 2.84. The van der Waals surface area contributed by atoms with Crippen molar-refractivity contribution in [2.75, 3.05) is 30.8 Å². The van der Waals surface area contributed by atoms with Gasteiger partial charge in [0, 0.05) is 35.8 Å². The number of nitro groups is 1. The Hall–Kier alpha value is -2.74. The Kier molecular flexibility index (Phi) is 7.75. The summed E-state index contributed by atoms with van der Waals surface area (Å²) in [6, 6.07) is 13.8. The van der Waals surface area contributed by atoms with Crippen molar-refractivity contribution in [2.24, 2.45) is 0 Å². The molecule has 0 saturated carbocycles. The highest BCUT2D eigenvalue weighted by Crippen LogP contribution is 2.21. The molecule has 0 heterocycles. The van der Waals surface area contributed by atoms with Crippen LogP contribution in [0.15, 0.2) is 53.4 Å². The van der Waals surface area contributed by atoms with E-state index in [0.29, 0.717) is 25.4 Å². The van der Waals surface area contributed by atoms with Crippen LogP contribution < -0.4 is 15.4 Å². The second-order valence-electron chi connectivity index (χ2n) is 5.27. The molecule has 0 aliphatic carbocycles. The molecule has 0 saturated heterocycles. The van der Waals surface area contributed by atoms with Crippen molar-refractivity contribution < 1.29 is 14.5 Å². The minimum atomic E-state index is -0.438. The number of rotatable bonds is 10. The molecule has 2 aromatic carbocycles. The highest BCUT2D eigenvalue weighted by atomic mass is 32.2. The van der Waals surface area contributed by atoms with Crippen LogP contribution in [0.25, 0.3) is 0 Å². The highest BCUT2D eigenvalue weighted by Gasteiger charge is 2.05. The monoisotopic (exact) mass is 375 g/mol. The number of non-ortho nitro benzene ring substituents is 1. The average molecular weight is 375 g/mol. The third-order valence-corrected chi connectivity index (χ3v) is 4.37. The molecule has 0 spiro atoms. The Balaban J connectivity index is 1.63. The lowest BCUT2D eigenvalue weighted by atomic mass is 10.3. The van der Waals surface area contributed by atoms with Gasteiger partial charge in [0.05, 0.1) is 17.3 Å². The summed E-state index contributed by atoms with van der Waals surface area (Å²) in [5.41, 5.74) is 0.823. The summed E-state index contributed by atoms with van der Waals surface area (Å²) in [6.07, 6.45) is 0. The third-order valence-electron chi connectivity index (χ3n) is 3.36. The van der Waals surface area contributed by atoms with Gasteiger partial charge < -0.3 is 15.4 Å². The average Bonchev–Trinajstić information content (AvgIpc) is 2.65. The summed E-state index contributed by atoms with van der Waals surface area (Å²) in [7, 11) is 0. The first-order valence-corrected chi connectivity index (χ1v) is 9.17. The molecule has 0 aliphatic rings. The zero-order valence-corrected chi connectivity index (χ0v) is 15.3. The molecule has 8 heteroatoms. The molecule has 26 heavy (non-hydrogen) atoms. The number of carbonyl (C=O) groups excluding carboxylic acids is 1. The van der Waals surface area contributed by atoms with Gasteiger partial charge in [-0.05, 0) is 43.3 Å². The highest BCUT2D eigenvalue weighted by molar-refractivity contribution is 8.00. The second kappa shape index (κ2) is 10.3. The first-order valence-electron chi connectivity index (χ1n) is 8.19. The zero-order chi connectivity index (χ0) is 18.8. The van der Waals surface area contributed by atoms with Gasteiger partial charge in [0.1, 0.15) is 5.75 Å². The van der Waals surface area contributed by atoms with E-state index in [2.05, 4.69) is 10.6 Å². The lowest BCUT2D eigenvalue weighted by Crippen LogP contribution is -2.30. The van der Waals surface area contributed by atoms with E-state index in [1.54, 1.807) is 12.1 Å². The molecule has 0 radical (unpaired) electrons. The zero-order valence-electron chi connectivity index (χ0n) is 14.4. The van der Waals surface area contributed by atoms with E-state index in [1.165, 1.54) is 23.9 Å². The van der Waals surface area contributed by atoms with Crippen molar-refractivity contribution in [3.8, 4) is 5.75 Å². The molecule has 0 unspecified atom stereocenters. The van der Waals surface area contributed by atoms with Gasteiger partial charge in [0.15, 0.2) is 0 Å². The largest absolute Gasteiger partial charge is 0.494 e. The van der Waals surface area contributed by atoms with E-state index >= 15 is 0 Å². The van der Waals surface area contributed by atoms with Crippen molar-refractivity contribution in [3.05, 3.63) is 58.6 Å².